The van der Waals surface area contributed by atoms with Gasteiger partial charge in [0.25, 0.3) is 0 Å². The average molecular weight is 244 g/mol. The number of aliphatic carboxylic acids is 1. The molecule has 3 nitrogen and oxygen atoms in total. The molecule has 16 heavy (non-hydrogen) atoms. The molecule has 0 bridgehead atoms. The van der Waals surface area contributed by atoms with Crippen LogP contribution < -0.4 is 5.73 Å². The van der Waals surface area contributed by atoms with Gasteiger partial charge >= 0.3 is 5.97 Å². The lowest BCUT2D eigenvalue weighted by atomic mass is 9.99. The van der Waals surface area contributed by atoms with Crippen molar-refractivity contribution in [1.82, 2.24) is 0 Å². The zero-order valence-electron chi connectivity index (χ0n) is 9.51. The van der Waals surface area contributed by atoms with Crippen LogP contribution in [0.1, 0.15) is 30.9 Å². The average Bonchev–Trinajstić information content (AvgIpc) is 2.18. The van der Waals surface area contributed by atoms with Crippen molar-refractivity contribution in [2.45, 2.75) is 32.2 Å². The Hall–Kier alpha value is -1.06. The van der Waals surface area contributed by atoms with Gasteiger partial charge in [-0.25, -0.2) is 0 Å². The molecule has 0 aliphatic heterocycles. The molecule has 0 aliphatic carbocycles. The second-order valence-corrected chi connectivity index (χ2v) is 4.05. The van der Waals surface area contributed by atoms with E-state index in [-0.39, 0.29) is 12.4 Å². The van der Waals surface area contributed by atoms with Gasteiger partial charge in [0.1, 0.15) is 6.04 Å². The van der Waals surface area contributed by atoms with E-state index >= 15 is 0 Å². The zero-order valence-corrected chi connectivity index (χ0v) is 10.3. The Bertz CT molecular complexity index is 335. The van der Waals surface area contributed by atoms with E-state index in [2.05, 4.69) is 13.8 Å². The third-order valence-electron chi connectivity index (χ3n) is 2.42. The van der Waals surface area contributed by atoms with Crippen molar-refractivity contribution in [2.24, 2.45) is 5.73 Å². The third kappa shape index (κ3) is 4.21. The Morgan fingerprint density at radius 3 is 2.19 bits per heavy atom. The largest absolute Gasteiger partial charge is 0.480 e. The number of halogens is 1. The monoisotopic (exact) mass is 243 g/mol. The van der Waals surface area contributed by atoms with Crippen molar-refractivity contribution in [3.8, 4) is 0 Å². The molecule has 0 aliphatic rings. The highest BCUT2D eigenvalue weighted by molar-refractivity contribution is 5.85. The summed E-state index contributed by atoms with van der Waals surface area (Å²) in [6, 6.07) is 7.12. The second-order valence-electron chi connectivity index (χ2n) is 4.05. The maximum Gasteiger partial charge on any atom is 0.320 e. The van der Waals surface area contributed by atoms with E-state index in [9.17, 15) is 4.79 Å². The molecule has 0 unspecified atom stereocenters. The predicted octanol–water partition coefficient (Wildman–Crippen LogP) is 2.19. The molecule has 3 N–H and O–H groups in total. The van der Waals surface area contributed by atoms with Crippen molar-refractivity contribution in [3.63, 3.8) is 0 Å². The molecule has 1 aromatic rings. The lowest BCUT2D eigenvalue weighted by Gasteiger charge is -2.09. The van der Waals surface area contributed by atoms with E-state index in [0.29, 0.717) is 12.3 Å². The molecule has 1 rings (SSSR count). The van der Waals surface area contributed by atoms with E-state index in [1.165, 1.54) is 5.56 Å². The molecule has 0 spiro atoms. The number of hydrogen-bond donors (Lipinski definition) is 2. The van der Waals surface area contributed by atoms with Crippen LogP contribution in [0.2, 0.25) is 0 Å². The summed E-state index contributed by atoms with van der Waals surface area (Å²) in [6.07, 6.45) is 0.383. The molecular formula is C12H18ClNO2. The van der Waals surface area contributed by atoms with Crippen molar-refractivity contribution < 1.29 is 9.90 Å². The minimum Gasteiger partial charge on any atom is -0.480 e. The Morgan fingerprint density at radius 1 is 1.31 bits per heavy atom. The van der Waals surface area contributed by atoms with Crippen LogP contribution in [-0.4, -0.2) is 17.1 Å². The Balaban J connectivity index is 0.00000225. The minimum absolute atomic E-state index is 0. The van der Waals surface area contributed by atoms with Crippen molar-refractivity contribution >= 4 is 18.4 Å². The van der Waals surface area contributed by atoms with E-state index in [1.807, 2.05) is 24.3 Å². The minimum atomic E-state index is -0.956. The van der Waals surface area contributed by atoms with Gasteiger partial charge in [0.15, 0.2) is 0 Å². The summed E-state index contributed by atoms with van der Waals surface area (Å²) in [5.74, 6) is -0.463. The lowest BCUT2D eigenvalue weighted by molar-refractivity contribution is -0.138. The van der Waals surface area contributed by atoms with Gasteiger partial charge in [0.2, 0.25) is 0 Å². The summed E-state index contributed by atoms with van der Waals surface area (Å²) < 4.78 is 0. The van der Waals surface area contributed by atoms with Gasteiger partial charge in [-0.05, 0) is 23.5 Å². The first kappa shape index (κ1) is 14.9. The second kappa shape index (κ2) is 6.51. The van der Waals surface area contributed by atoms with Crippen LogP contribution in [0.4, 0.5) is 0 Å². The van der Waals surface area contributed by atoms with Crippen molar-refractivity contribution in [3.05, 3.63) is 35.4 Å². The number of carboxylic acids is 1. The summed E-state index contributed by atoms with van der Waals surface area (Å²) in [5.41, 5.74) is 7.67. The maximum absolute atomic E-state index is 10.6. The highest BCUT2D eigenvalue weighted by Gasteiger charge is 2.11. The normalized spacial score (nSPS) is 12.0. The highest BCUT2D eigenvalue weighted by Crippen LogP contribution is 2.15. The molecule has 1 atom stereocenters. The molecule has 90 valence electrons. The molecule has 0 aromatic heterocycles. The van der Waals surface area contributed by atoms with Crippen LogP contribution in [-0.2, 0) is 11.2 Å². The van der Waals surface area contributed by atoms with Crippen LogP contribution in [0.15, 0.2) is 24.3 Å². The van der Waals surface area contributed by atoms with Gasteiger partial charge in [-0.2, -0.15) is 0 Å². The molecule has 0 radical (unpaired) electrons. The molecule has 0 fully saturated rings. The summed E-state index contributed by atoms with van der Waals surface area (Å²) in [5, 5.41) is 8.66. The predicted molar refractivity (Wildman–Crippen MR) is 67.1 cm³/mol. The fourth-order valence-corrected chi connectivity index (χ4v) is 1.38. The molecule has 0 heterocycles. The van der Waals surface area contributed by atoms with Crippen LogP contribution in [0.5, 0.6) is 0 Å². The Labute approximate surface area is 102 Å². The van der Waals surface area contributed by atoms with Gasteiger partial charge in [-0.1, -0.05) is 38.1 Å². The first-order valence-corrected chi connectivity index (χ1v) is 5.08. The number of nitrogens with two attached hydrogens (primary N) is 1. The van der Waals surface area contributed by atoms with Gasteiger partial charge < -0.3 is 10.8 Å². The molecule has 0 saturated heterocycles. The van der Waals surface area contributed by atoms with Gasteiger partial charge in [-0.15, -0.1) is 12.4 Å². The topological polar surface area (TPSA) is 63.3 Å². The van der Waals surface area contributed by atoms with Crippen LogP contribution in [0.25, 0.3) is 0 Å². The smallest absolute Gasteiger partial charge is 0.320 e. The highest BCUT2D eigenvalue weighted by atomic mass is 35.5. The Morgan fingerprint density at radius 2 is 1.81 bits per heavy atom. The number of benzene rings is 1. The molecular weight excluding hydrogens is 226 g/mol. The summed E-state index contributed by atoms with van der Waals surface area (Å²) in [4.78, 5) is 10.6. The van der Waals surface area contributed by atoms with E-state index in [4.69, 9.17) is 10.8 Å². The van der Waals surface area contributed by atoms with E-state index < -0.39 is 12.0 Å². The lowest BCUT2D eigenvalue weighted by Crippen LogP contribution is -2.32. The Kier molecular flexibility index (Phi) is 6.08. The molecule has 0 saturated carbocycles. The van der Waals surface area contributed by atoms with Crippen molar-refractivity contribution in [1.29, 1.82) is 0 Å². The number of carboxylic acid groups (broad SMARTS) is 1. The quantitative estimate of drug-likeness (QED) is 0.852. The van der Waals surface area contributed by atoms with E-state index in [1.54, 1.807) is 0 Å². The fourth-order valence-electron chi connectivity index (χ4n) is 1.38. The molecule has 0 amide bonds. The van der Waals surface area contributed by atoms with Crippen molar-refractivity contribution in [2.75, 3.05) is 0 Å². The van der Waals surface area contributed by atoms with Crippen LogP contribution in [0.3, 0.4) is 0 Å². The molecule has 4 heteroatoms. The third-order valence-corrected chi connectivity index (χ3v) is 2.42. The zero-order chi connectivity index (χ0) is 11.4. The fraction of sp³-hybridized carbons (Fsp3) is 0.417. The summed E-state index contributed by atoms with van der Waals surface area (Å²) in [6.45, 7) is 4.25. The van der Waals surface area contributed by atoms with Crippen LogP contribution in [0, 0.1) is 0 Å². The number of hydrogen-bond acceptors (Lipinski definition) is 2. The number of carbonyl (C=O) groups is 1. The van der Waals surface area contributed by atoms with Crippen LogP contribution >= 0.6 is 12.4 Å². The van der Waals surface area contributed by atoms with Gasteiger partial charge in [-0.3, -0.25) is 4.79 Å². The first-order chi connectivity index (χ1) is 7.00. The molecule has 1 aromatic carbocycles. The number of rotatable bonds is 4. The summed E-state index contributed by atoms with van der Waals surface area (Å²) >= 11 is 0. The SMILES string of the molecule is CC(C)c1ccc(C[C@H](N)C(=O)O)cc1.Cl. The van der Waals surface area contributed by atoms with Gasteiger partial charge in [0.05, 0.1) is 0 Å². The standard InChI is InChI=1S/C12H17NO2.ClH/c1-8(2)10-5-3-9(4-6-10)7-11(13)12(14)15;/h3-6,8,11H,7,13H2,1-2H3,(H,14,15);1H/t11-;/m0./s1. The first-order valence-electron chi connectivity index (χ1n) is 5.08. The maximum atomic E-state index is 10.6. The van der Waals surface area contributed by atoms with E-state index in [0.717, 1.165) is 5.56 Å². The van der Waals surface area contributed by atoms with Gasteiger partial charge in [0, 0.05) is 0 Å². The summed E-state index contributed by atoms with van der Waals surface area (Å²) in [7, 11) is 0.